The molecule has 1 unspecified atom stereocenters. The zero-order chi connectivity index (χ0) is 11.4. The van der Waals surface area contributed by atoms with Crippen LogP contribution in [0.25, 0.3) is 0 Å². The fourth-order valence-electron chi connectivity index (χ4n) is 0.833. The lowest BCUT2D eigenvalue weighted by molar-refractivity contribution is -0.384. The van der Waals surface area contributed by atoms with Crippen molar-refractivity contribution >= 4 is 11.7 Å². The Morgan fingerprint density at radius 1 is 1.47 bits per heavy atom. The smallest absolute Gasteiger partial charge is 0.345 e. The van der Waals surface area contributed by atoms with Crippen LogP contribution in [0, 0.1) is 10.1 Å². The fraction of sp³-hybridized carbons (Fsp3) is 0.222. The van der Waals surface area contributed by atoms with Crippen LogP contribution >= 0.6 is 0 Å². The molecule has 6 heteroatoms. The number of ether oxygens (including phenoxy) is 1. The van der Waals surface area contributed by atoms with E-state index in [9.17, 15) is 19.3 Å². The van der Waals surface area contributed by atoms with Crippen LogP contribution in [-0.2, 0) is 4.79 Å². The highest BCUT2D eigenvalue weighted by atomic mass is 18.2. The van der Waals surface area contributed by atoms with Crippen molar-refractivity contribution in [2.45, 2.75) is 13.1 Å². The predicted molar refractivity (Wildman–Crippen MR) is 49.3 cm³/mol. The molecule has 0 saturated heterocycles. The van der Waals surface area contributed by atoms with Gasteiger partial charge in [0.1, 0.15) is 5.75 Å². The van der Waals surface area contributed by atoms with Gasteiger partial charge in [0.25, 0.3) is 5.69 Å². The van der Waals surface area contributed by atoms with Gasteiger partial charge in [0.15, 0.2) is 6.17 Å². The minimum absolute atomic E-state index is 0.0788. The number of carbonyl (C=O) groups excluding carboxylic acids is 1. The summed E-state index contributed by atoms with van der Waals surface area (Å²) in [5.74, 6) is -0.945. The normalized spacial score (nSPS) is 11.9. The number of hydrogen-bond donors (Lipinski definition) is 0. The van der Waals surface area contributed by atoms with Gasteiger partial charge in [0, 0.05) is 12.1 Å². The summed E-state index contributed by atoms with van der Waals surface area (Å²) in [5, 5.41) is 10.3. The lowest BCUT2D eigenvalue weighted by Crippen LogP contribution is -2.18. The van der Waals surface area contributed by atoms with Crippen LogP contribution < -0.4 is 4.74 Å². The third kappa shape index (κ3) is 3.01. The van der Waals surface area contributed by atoms with Crippen molar-refractivity contribution in [1.82, 2.24) is 0 Å². The van der Waals surface area contributed by atoms with Crippen molar-refractivity contribution < 1.29 is 18.8 Å². The van der Waals surface area contributed by atoms with Crippen molar-refractivity contribution in [1.29, 1.82) is 0 Å². The molecular weight excluding hydrogens is 204 g/mol. The lowest BCUT2D eigenvalue weighted by Gasteiger charge is -2.03. The molecule has 1 aromatic rings. The van der Waals surface area contributed by atoms with Gasteiger partial charge in [-0.3, -0.25) is 10.1 Å². The lowest BCUT2D eigenvalue weighted by atomic mass is 10.3. The summed E-state index contributed by atoms with van der Waals surface area (Å²) >= 11 is 0. The second-order valence-electron chi connectivity index (χ2n) is 2.79. The third-order valence-corrected chi connectivity index (χ3v) is 1.59. The third-order valence-electron chi connectivity index (χ3n) is 1.59. The molecule has 0 aliphatic rings. The number of nitrogens with zero attached hydrogens (tertiary/aromatic N) is 1. The van der Waals surface area contributed by atoms with E-state index < -0.39 is 17.1 Å². The molecule has 1 rings (SSSR count). The monoisotopic (exact) mass is 212 g/mol. The number of hydrogen-bond acceptors (Lipinski definition) is 4. The maximum atomic E-state index is 12.4. The van der Waals surface area contributed by atoms with Crippen LogP contribution in [0.15, 0.2) is 24.3 Å². The number of carbonyl (C=O) groups is 1. The molecule has 0 saturated carbocycles. The van der Waals surface area contributed by atoms with Crippen LogP contribution in [0.1, 0.15) is 6.92 Å². The molecule has 0 radical (unpaired) electrons. The van der Waals surface area contributed by atoms with E-state index in [0.717, 1.165) is 6.92 Å². The van der Waals surface area contributed by atoms with Crippen LogP contribution in [0.4, 0.5) is 10.1 Å². The van der Waals surface area contributed by atoms with E-state index in [1.54, 1.807) is 0 Å². The molecule has 0 amide bonds. The standard InChI is InChI=1S/C9H8FNO4/c1-6(10)9(12)15-8-4-2-7(3-5-8)11(13)14/h2-6H,1H3/i10-1. The van der Waals surface area contributed by atoms with E-state index in [4.69, 9.17) is 0 Å². The molecule has 1 atom stereocenters. The number of nitro benzene ring substituents is 1. The Balaban J connectivity index is 2.73. The van der Waals surface area contributed by atoms with Gasteiger partial charge in [-0.05, 0) is 19.1 Å². The molecule has 0 aromatic heterocycles. The second kappa shape index (κ2) is 4.50. The molecule has 0 aliphatic carbocycles. The van der Waals surface area contributed by atoms with Crippen molar-refractivity contribution in [2.24, 2.45) is 0 Å². The Bertz CT molecular complexity index is 374. The predicted octanol–water partition coefficient (Wildman–Crippen LogP) is 1.86. The number of nitro groups is 1. The van der Waals surface area contributed by atoms with Crippen molar-refractivity contribution in [2.75, 3.05) is 0 Å². The van der Waals surface area contributed by atoms with Gasteiger partial charge < -0.3 is 4.74 Å². The molecule has 0 heterocycles. The summed E-state index contributed by atoms with van der Waals surface area (Å²) in [4.78, 5) is 20.5. The van der Waals surface area contributed by atoms with Crippen molar-refractivity contribution in [3.8, 4) is 5.75 Å². The number of alkyl halides is 1. The van der Waals surface area contributed by atoms with Crippen LogP contribution in [0.5, 0.6) is 5.75 Å². The Kier molecular flexibility index (Phi) is 3.33. The fourth-order valence-corrected chi connectivity index (χ4v) is 0.833. The van der Waals surface area contributed by atoms with Crippen molar-refractivity contribution in [3.05, 3.63) is 34.4 Å². The first kappa shape index (κ1) is 11.1. The maximum absolute atomic E-state index is 12.4. The Morgan fingerprint density at radius 2 is 2.00 bits per heavy atom. The highest BCUT2D eigenvalue weighted by molar-refractivity contribution is 5.76. The average molecular weight is 212 g/mol. The first-order chi connectivity index (χ1) is 7.00. The van der Waals surface area contributed by atoms with Gasteiger partial charge in [0.2, 0.25) is 0 Å². The van der Waals surface area contributed by atoms with Crippen LogP contribution in [-0.4, -0.2) is 17.1 Å². The minimum Gasteiger partial charge on any atom is -0.424 e. The number of esters is 1. The Morgan fingerprint density at radius 3 is 2.40 bits per heavy atom. The van der Waals surface area contributed by atoms with E-state index in [1.807, 2.05) is 0 Å². The highest BCUT2D eigenvalue weighted by Gasteiger charge is 2.14. The molecule has 0 fully saturated rings. The SMILES string of the molecule is CC([18F])C(=O)Oc1ccc([N+](=O)[O-])cc1. The van der Waals surface area contributed by atoms with Crippen LogP contribution in [0.3, 0.4) is 0 Å². The number of rotatable bonds is 3. The van der Waals surface area contributed by atoms with Gasteiger partial charge in [-0.1, -0.05) is 0 Å². The highest BCUT2D eigenvalue weighted by Crippen LogP contribution is 2.17. The molecule has 15 heavy (non-hydrogen) atoms. The molecule has 0 spiro atoms. The quantitative estimate of drug-likeness (QED) is 0.332. The topological polar surface area (TPSA) is 69.4 Å². The van der Waals surface area contributed by atoms with E-state index >= 15 is 0 Å². The largest absolute Gasteiger partial charge is 0.424 e. The molecular formula is C9H8FNO4. The number of non-ortho nitro benzene ring substituents is 1. The van der Waals surface area contributed by atoms with Gasteiger partial charge >= 0.3 is 5.97 Å². The van der Waals surface area contributed by atoms with E-state index in [0.29, 0.717) is 0 Å². The molecule has 0 N–H and O–H groups in total. The van der Waals surface area contributed by atoms with E-state index in [2.05, 4.69) is 4.74 Å². The minimum atomic E-state index is -1.72. The average Bonchev–Trinajstić information content (AvgIpc) is 2.18. The zero-order valence-electron chi connectivity index (χ0n) is 7.84. The summed E-state index contributed by atoms with van der Waals surface area (Å²) in [5.41, 5.74) is -0.122. The molecule has 1 aromatic carbocycles. The summed E-state index contributed by atoms with van der Waals surface area (Å²) in [7, 11) is 0. The molecule has 80 valence electrons. The van der Waals surface area contributed by atoms with Gasteiger partial charge in [0.05, 0.1) is 4.92 Å². The van der Waals surface area contributed by atoms with Crippen molar-refractivity contribution in [3.63, 3.8) is 0 Å². The first-order valence-corrected chi connectivity index (χ1v) is 4.11. The summed E-state index contributed by atoms with van der Waals surface area (Å²) in [6.07, 6.45) is -1.72. The Labute approximate surface area is 84.6 Å². The number of halogens is 1. The van der Waals surface area contributed by atoms with Gasteiger partial charge in [-0.2, -0.15) is 0 Å². The Hall–Kier alpha value is -1.98. The summed E-state index contributed by atoms with van der Waals surface area (Å²) < 4.78 is 17.0. The van der Waals surface area contributed by atoms with E-state index in [1.165, 1.54) is 24.3 Å². The molecule has 0 aliphatic heterocycles. The van der Waals surface area contributed by atoms with E-state index in [-0.39, 0.29) is 11.4 Å². The molecule has 0 bridgehead atoms. The van der Waals surface area contributed by atoms with Gasteiger partial charge in [-0.15, -0.1) is 0 Å². The summed E-state index contributed by atoms with van der Waals surface area (Å²) in [6, 6.07) is 4.81. The number of benzene rings is 1. The van der Waals surface area contributed by atoms with Crippen LogP contribution in [0.2, 0.25) is 0 Å². The van der Waals surface area contributed by atoms with Gasteiger partial charge in [-0.25, -0.2) is 9.18 Å². The molecule has 5 nitrogen and oxygen atoms in total. The summed E-state index contributed by atoms with van der Waals surface area (Å²) in [6.45, 7) is 1.05. The second-order valence-corrected chi connectivity index (χ2v) is 2.79. The first-order valence-electron chi connectivity index (χ1n) is 4.11. The zero-order valence-corrected chi connectivity index (χ0v) is 7.84. The maximum Gasteiger partial charge on any atom is 0.345 e.